The SMILES string of the molecule is CCC(Oc1cc(C)ccc1C)C(=O)NC(C)c1ccc(S(C)(=O)=O)cc1. The van der Waals surface area contributed by atoms with Crippen molar-refractivity contribution in [3.05, 3.63) is 59.2 Å². The summed E-state index contributed by atoms with van der Waals surface area (Å²) in [5.41, 5.74) is 2.89. The van der Waals surface area contributed by atoms with Gasteiger partial charge < -0.3 is 10.1 Å². The lowest BCUT2D eigenvalue weighted by atomic mass is 10.1. The smallest absolute Gasteiger partial charge is 0.261 e. The van der Waals surface area contributed by atoms with Gasteiger partial charge in [0.1, 0.15) is 5.75 Å². The normalized spacial score (nSPS) is 13.7. The maximum Gasteiger partial charge on any atom is 0.261 e. The minimum Gasteiger partial charge on any atom is -0.480 e. The highest BCUT2D eigenvalue weighted by molar-refractivity contribution is 7.90. The summed E-state index contributed by atoms with van der Waals surface area (Å²) < 4.78 is 29.1. The van der Waals surface area contributed by atoms with E-state index >= 15 is 0 Å². The van der Waals surface area contributed by atoms with E-state index in [1.807, 2.05) is 45.9 Å². The van der Waals surface area contributed by atoms with Crippen molar-refractivity contribution in [3.8, 4) is 5.75 Å². The Labute approximate surface area is 161 Å². The third-order valence-corrected chi connectivity index (χ3v) is 5.57. The van der Waals surface area contributed by atoms with Gasteiger partial charge in [0, 0.05) is 6.26 Å². The first kappa shape index (κ1) is 21.0. The molecule has 6 heteroatoms. The molecule has 2 rings (SSSR count). The minimum atomic E-state index is -3.24. The molecule has 0 bridgehead atoms. The maximum atomic E-state index is 12.7. The van der Waals surface area contributed by atoms with Crippen LogP contribution in [-0.2, 0) is 14.6 Å². The topological polar surface area (TPSA) is 72.5 Å². The highest BCUT2D eigenvalue weighted by Crippen LogP contribution is 2.22. The van der Waals surface area contributed by atoms with E-state index < -0.39 is 15.9 Å². The van der Waals surface area contributed by atoms with Crippen molar-refractivity contribution in [2.24, 2.45) is 0 Å². The van der Waals surface area contributed by atoms with E-state index in [0.717, 1.165) is 16.7 Å². The number of sulfone groups is 1. The predicted octanol–water partition coefficient (Wildman–Crippen LogP) is 3.74. The summed E-state index contributed by atoms with van der Waals surface area (Å²) in [7, 11) is -3.24. The molecule has 0 saturated carbocycles. The Bertz CT molecular complexity index is 904. The number of nitrogens with one attached hydrogen (secondary N) is 1. The Balaban J connectivity index is 2.08. The van der Waals surface area contributed by atoms with Crippen LogP contribution in [0, 0.1) is 13.8 Å². The largest absolute Gasteiger partial charge is 0.480 e. The lowest BCUT2D eigenvalue weighted by Gasteiger charge is -2.22. The molecule has 0 aliphatic rings. The standard InChI is InChI=1S/C21H27NO4S/c1-6-19(26-20-13-14(2)7-8-15(20)3)21(23)22-16(4)17-9-11-18(12-10-17)27(5,24)25/h7-13,16,19H,6H2,1-5H3,(H,22,23). The number of ether oxygens (including phenoxy) is 1. The van der Waals surface area contributed by atoms with Crippen molar-refractivity contribution in [1.29, 1.82) is 0 Å². The number of benzene rings is 2. The molecule has 0 aliphatic heterocycles. The molecule has 2 aromatic rings. The Morgan fingerprint density at radius 3 is 2.30 bits per heavy atom. The van der Waals surface area contributed by atoms with Crippen LogP contribution in [-0.4, -0.2) is 26.7 Å². The molecule has 0 aliphatic carbocycles. The van der Waals surface area contributed by atoms with Crippen molar-refractivity contribution >= 4 is 15.7 Å². The van der Waals surface area contributed by atoms with Gasteiger partial charge in [-0.3, -0.25) is 4.79 Å². The Kier molecular flexibility index (Phi) is 6.65. The van der Waals surface area contributed by atoms with E-state index in [4.69, 9.17) is 4.74 Å². The molecule has 2 atom stereocenters. The van der Waals surface area contributed by atoms with Gasteiger partial charge in [-0.05, 0) is 62.1 Å². The zero-order valence-corrected chi connectivity index (χ0v) is 17.3. The summed E-state index contributed by atoms with van der Waals surface area (Å²) in [6.07, 6.45) is 1.12. The molecule has 0 spiro atoms. The number of rotatable bonds is 7. The van der Waals surface area contributed by atoms with Gasteiger partial charge >= 0.3 is 0 Å². The van der Waals surface area contributed by atoms with Crippen LogP contribution in [0.3, 0.4) is 0 Å². The molecule has 0 aromatic heterocycles. The third-order valence-electron chi connectivity index (χ3n) is 4.44. The zero-order valence-electron chi connectivity index (χ0n) is 16.4. The van der Waals surface area contributed by atoms with Crippen molar-refractivity contribution in [1.82, 2.24) is 5.32 Å². The summed E-state index contributed by atoms with van der Waals surface area (Å²) >= 11 is 0. The van der Waals surface area contributed by atoms with Gasteiger partial charge in [0.05, 0.1) is 10.9 Å². The van der Waals surface area contributed by atoms with Crippen molar-refractivity contribution < 1.29 is 17.9 Å². The van der Waals surface area contributed by atoms with Gasteiger partial charge in [-0.15, -0.1) is 0 Å². The second kappa shape index (κ2) is 8.57. The van der Waals surface area contributed by atoms with E-state index in [2.05, 4.69) is 5.32 Å². The van der Waals surface area contributed by atoms with E-state index in [-0.39, 0.29) is 16.8 Å². The molecule has 0 fully saturated rings. The maximum absolute atomic E-state index is 12.7. The van der Waals surface area contributed by atoms with E-state index in [9.17, 15) is 13.2 Å². The monoisotopic (exact) mass is 389 g/mol. The zero-order chi connectivity index (χ0) is 20.2. The first-order chi connectivity index (χ1) is 12.6. The fourth-order valence-electron chi connectivity index (χ4n) is 2.70. The van der Waals surface area contributed by atoms with Crippen LogP contribution in [0.25, 0.3) is 0 Å². The number of hydrogen-bond donors (Lipinski definition) is 1. The molecule has 146 valence electrons. The molecule has 0 radical (unpaired) electrons. The Morgan fingerprint density at radius 2 is 1.74 bits per heavy atom. The first-order valence-electron chi connectivity index (χ1n) is 8.96. The molecule has 27 heavy (non-hydrogen) atoms. The quantitative estimate of drug-likeness (QED) is 0.783. The van der Waals surface area contributed by atoms with Gasteiger partial charge in [-0.2, -0.15) is 0 Å². The van der Waals surface area contributed by atoms with Crippen molar-refractivity contribution in [2.75, 3.05) is 6.26 Å². The number of amides is 1. The predicted molar refractivity (Wildman–Crippen MR) is 107 cm³/mol. The second-order valence-electron chi connectivity index (χ2n) is 6.86. The van der Waals surface area contributed by atoms with Crippen LogP contribution in [0.1, 0.15) is 43.0 Å². The minimum absolute atomic E-state index is 0.196. The van der Waals surface area contributed by atoms with Crippen LogP contribution in [0.4, 0.5) is 0 Å². The summed E-state index contributed by atoms with van der Waals surface area (Å²) in [5, 5.41) is 2.95. The van der Waals surface area contributed by atoms with Gasteiger partial charge in [0.2, 0.25) is 0 Å². The molecule has 2 unspecified atom stereocenters. The fourth-order valence-corrected chi connectivity index (χ4v) is 3.33. The second-order valence-corrected chi connectivity index (χ2v) is 8.87. The average Bonchev–Trinajstić information content (AvgIpc) is 2.61. The summed E-state index contributed by atoms with van der Waals surface area (Å²) in [6, 6.07) is 12.2. The van der Waals surface area contributed by atoms with Crippen LogP contribution in [0.2, 0.25) is 0 Å². The van der Waals surface area contributed by atoms with Gasteiger partial charge in [-0.1, -0.05) is 31.2 Å². The van der Waals surface area contributed by atoms with E-state index in [1.54, 1.807) is 24.3 Å². The molecule has 0 heterocycles. The van der Waals surface area contributed by atoms with Crippen LogP contribution in [0.5, 0.6) is 5.75 Å². The highest BCUT2D eigenvalue weighted by atomic mass is 32.2. The number of carbonyl (C=O) groups excluding carboxylic acids is 1. The third kappa shape index (κ3) is 5.57. The highest BCUT2D eigenvalue weighted by Gasteiger charge is 2.21. The molecule has 0 saturated heterocycles. The lowest BCUT2D eigenvalue weighted by Crippen LogP contribution is -2.39. The molecular weight excluding hydrogens is 362 g/mol. The van der Waals surface area contributed by atoms with Crippen molar-refractivity contribution in [2.45, 2.75) is 51.2 Å². The van der Waals surface area contributed by atoms with E-state index in [1.165, 1.54) is 6.26 Å². The number of hydrogen-bond acceptors (Lipinski definition) is 4. The molecule has 1 amide bonds. The van der Waals surface area contributed by atoms with Crippen LogP contribution < -0.4 is 10.1 Å². The Morgan fingerprint density at radius 1 is 1.11 bits per heavy atom. The summed E-state index contributed by atoms with van der Waals surface area (Å²) in [4.78, 5) is 12.9. The first-order valence-corrected chi connectivity index (χ1v) is 10.8. The number of carbonyl (C=O) groups is 1. The average molecular weight is 390 g/mol. The van der Waals surface area contributed by atoms with E-state index in [0.29, 0.717) is 12.2 Å². The summed E-state index contributed by atoms with van der Waals surface area (Å²) in [5.74, 6) is 0.514. The molecular formula is C21H27NO4S. The van der Waals surface area contributed by atoms with Crippen LogP contribution in [0.15, 0.2) is 47.4 Å². The van der Waals surface area contributed by atoms with Gasteiger partial charge in [0.15, 0.2) is 15.9 Å². The van der Waals surface area contributed by atoms with Crippen LogP contribution >= 0.6 is 0 Å². The Hall–Kier alpha value is -2.34. The fraction of sp³-hybridized carbons (Fsp3) is 0.381. The van der Waals surface area contributed by atoms with Gasteiger partial charge in [0.25, 0.3) is 5.91 Å². The molecule has 2 aromatic carbocycles. The van der Waals surface area contributed by atoms with Gasteiger partial charge in [-0.25, -0.2) is 8.42 Å². The summed E-state index contributed by atoms with van der Waals surface area (Å²) in [6.45, 7) is 7.69. The lowest BCUT2D eigenvalue weighted by molar-refractivity contribution is -0.128. The molecule has 5 nitrogen and oxygen atoms in total. The van der Waals surface area contributed by atoms with Crippen molar-refractivity contribution in [3.63, 3.8) is 0 Å². The molecule has 1 N–H and O–H groups in total. The number of aryl methyl sites for hydroxylation is 2.